The van der Waals surface area contributed by atoms with Crippen molar-refractivity contribution in [2.24, 2.45) is 0 Å². The molecule has 0 bridgehead atoms. The molecule has 3 aromatic carbocycles. The second-order valence-corrected chi connectivity index (χ2v) is 7.31. The Morgan fingerprint density at radius 1 is 0.893 bits per heavy atom. The summed E-state index contributed by atoms with van der Waals surface area (Å²) in [5, 5.41) is 3.08. The lowest BCUT2D eigenvalue weighted by molar-refractivity contribution is 0.104. The summed E-state index contributed by atoms with van der Waals surface area (Å²) in [7, 11) is 0. The molecule has 0 aliphatic rings. The van der Waals surface area contributed by atoms with Crippen molar-refractivity contribution in [3.63, 3.8) is 0 Å². The maximum atomic E-state index is 13.6. The minimum atomic E-state index is -0.267. The van der Waals surface area contributed by atoms with Crippen LogP contribution in [0.3, 0.4) is 0 Å². The summed E-state index contributed by atoms with van der Waals surface area (Å²) >= 11 is 0. The lowest BCUT2D eigenvalue weighted by atomic mass is 9.94. The predicted molar refractivity (Wildman–Crippen MR) is 114 cm³/mol. The number of fused-ring (bicyclic) bond motifs is 2. The predicted octanol–water partition coefficient (Wildman–Crippen LogP) is 6.47. The first-order valence-electron chi connectivity index (χ1n) is 9.87. The Labute approximate surface area is 164 Å². The van der Waals surface area contributed by atoms with Crippen molar-refractivity contribution in [3.8, 4) is 0 Å². The van der Waals surface area contributed by atoms with Gasteiger partial charge in [-0.05, 0) is 48.6 Å². The van der Waals surface area contributed by atoms with E-state index < -0.39 is 0 Å². The standard InChI is InChI=1S/C25H24FNO/c1-18-9-7-10-19-11-8-13-21(24(18)19)25(28)22-17-27(16-6-2-5-15-26)23-14-4-3-12-20(22)23/h3-4,7-14,17H,2,5-6,15-16H2,1H3. The average Bonchev–Trinajstić information content (AvgIpc) is 3.09. The van der Waals surface area contributed by atoms with Gasteiger partial charge in [0.25, 0.3) is 0 Å². The van der Waals surface area contributed by atoms with Gasteiger partial charge in [-0.2, -0.15) is 0 Å². The number of alkyl halides is 1. The van der Waals surface area contributed by atoms with Crippen LogP contribution in [-0.2, 0) is 6.54 Å². The third-order valence-corrected chi connectivity index (χ3v) is 5.42. The van der Waals surface area contributed by atoms with Crippen LogP contribution in [0.4, 0.5) is 4.39 Å². The first kappa shape index (κ1) is 18.4. The molecule has 1 heterocycles. The van der Waals surface area contributed by atoms with Crippen LogP contribution in [0, 0.1) is 6.92 Å². The van der Waals surface area contributed by atoms with E-state index in [1.807, 2.05) is 67.7 Å². The van der Waals surface area contributed by atoms with Crippen molar-refractivity contribution in [1.29, 1.82) is 0 Å². The molecule has 1 aromatic heterocycles. The van der Waals surface area contributed by atoms with Crippen LogP contribution < -0.4 is 0 Å². The molecule has 0 fully saturated rings. The molecule has 4 aromatic rings. The fourth-order valence-corrected chi connectivity index (χ4v) is 4.03. The van der Waals surface area contributed by atoms with Crippen LogP contribution >= 0.6 is 0 Å². The van der Waals surface area contributed by atoms with Gasteiger partial charge < -0.3 is 4.57 Å². The number of para-hydroxylation sites is 1. The molecule has 0 radical (unpaired) electrons. The highest BCUT2D eigenvalue weighted by atomic mass is 19.1. The summed E-state index contributed by atoms with van der Waals surface area (Å²) in [6, 6.07) is 20.1. The Hall–Kier alpha value is -2.94. The summed E-state index contributed by atoms with van der Waals surface area (Å²) < 4.78 is 14.5. The summed E-state index contributed by atoms with van der Waals surface area (Å²) in [4.78, 5) is 13.6. The van der Waals surface area contributed by atoms with Crippen LogP contribution in [0.15, 0.2) is 66.9 Å². The Balaban J connectivity index is 1.78. The van der Waals surface area contributed by atoms with E-state index in [0.717, 1.165) is 57.8 Å². The lowest BCUT2D eigenvalue weighted by Crippen LogP contribution is -2.03. The van der Waals surface area contributed by atoms with Crippen molar-refractivity contribution >= 4 is 27.5 Å². The Bertz CT molecular complexity index is 1140. The third-order valence-electron chi connectivity index (χ3n) is 5.42. The first-order chi connectivity index (χ1) is 13.7. The molecule has 0 aliphatic carbocycles. The average molecular weight is 373 g/mol. The third kappa shape index (κ3) is 3.33. The maximum absolute atomic E-state index is 13.6. The molecular formula is C25H24FNO. The zero-order valence-electron chi connectivity index (χ0n) is 16.1. The molecule has 0 atom stereocenters. The topological polar surface area (TPSA) is 22.0 Å². The number of rotatable bonds is 7. The van der Waals surface area contributed by atoms with E-state index in [2.05, 4.69) is 10.6 Å². The quantitative estimate of drug-likeness (QED) is 0.269. The minimum absolute atomic E-state index is 0.0543. The van der Waals surface area contributed by atoms with Crippen LogP contribution in [0.2, 0.25) is 0 Å². The van der Waals surface area contributed by atoms with Gasteiger partial charge in [-0.1, -0.05) is 54.6 Å². The molecule has 0 saturated heterocycles. The van der Waals surface area contributed by atoms with Crippen LogP contribution in [0.1, 0.15) is 40.7 Å². The summed E-state index contributed by atoms with van der Waals surface area (Å²) in [5.41, 5.74) is 3.65. The number of nitrogens with zero attached hydrogens (tertiary/aromatic N) is 1. The van der Waals surface area contributed by atoms with Gasteiger partial charge in [0.05, 0.1) is 6.67 Å². The number of carbonyl (C=O) groups excluding carboxylic acids is 1. The van der Waals surface area contributed by atoms with E-state index in [1.54, 1.807) is 0 Å². The zero-order valence-corrected chi connectivity index (χ0v) is 16.1. The summed E-state index contributed by atoms with van der Waals surface area (Å²) in [6.45, 7) is 2.58. The van der Waals surface area contributed by atoms with E-state index in [4.69, 9.17) is 0 Å². The largest absolute Gasteiger partial charge is 0.347 e. The second kappa shape index (κ2) is 7.97. The molecule has 0 saturated carbocycles. The van der Waals surface area contributed by atoms with Gasteiger partial charge >= 0.3 is 0 Å². The highest BCUT2D eigenvalue weighted by Crippen LogP contribution is 2.29. The van der Waals surface area contributed by atoms with Gasteiger partial charge in [0.2, 0.25) is 0 Å². The van der Waals surface area contributed by atoms with Gasteiger partial charge in [-0.3, -0.25) is 9.18 Å². The van der Waals surface area contributed by atoms with E-state index in [1.165, 1.54) is 0 Å². The van der Waals surface area contributed by atoms with E-state index in [0.29, 0.717) is 6.42 Å². The van der Waals surface area contributed by atoms with Crippen molar-refractivity contribution in [1.82, 2.24) is 4.57 Å². The Morgan fingerprint density at radius 3 is 2.50 bits per heavy atom. The number of hydrogen-bond acceptors (Lipinski definition) is 1. The van der Waals surface area contributed by atoms with Gasteiger partial charge in [0.15, 0.2) is 5.78 Å². The fraction of sp³-hybridized carbons (Fsp3) is 0.240. The van der Waals surface area contributed by atoms with Crippen LogP contribution in [0.5, 0.6) is 0 Å². The zero-order chi connectivity index (χ0) is 19.5. The van der Waals surface area contributed by atoms with Crippen molar-refractivity contribution in [2.75, 3.05) is 6.67 Å². The number of hydrogen-bond donors (Lipinski definition) is 0. The molecule has 28 heavy (non-hydrogen) atoms. The van der Waals surface area contributed by atoms with Gasteiger partial charge in [-0.15, -0.1) is 0 Å². The maximum Gasteiger partial charge on any atom is 0.195 e. The summed E-state index contributed by atoms with van der Waals surface area (Å²) in [6.07, 6.45) is 4.33. The highest BCUT2D eigenvalue weighted by molar-refractivity contribution is 6.21. The number of benzene rings is 3. The molecule has 0 amide bonds. The monoisotopic (exact) mass is 373 g/mol. The molecule has 0 aliphatic heterocycles. The van der Waals surface area contributed by atoms with Gasteiger partial charge in [-0.25, -0.2) is 0 Å². The molecular weight excluding hydrogens is 349 g/mol. The fourth-order valence-electron chi connectivity index (χ4n) is 4.03. The SMILES string of the molecule is Cc1cccc2cccc(C(=O)c3cn(CCCCCF)c4ccccc34)c12. The summed E-state index contributed by atoms with van der Waals surface area (Å²) in [5.74, 6) is 0.0543. The molecule has 0 spiro atoms. The molecule has 2 nitrogen and oxygen atoms in total. The van der Waals surface area contributed by atoms with Crippen molar-refractivity contribution < 1.29 is 9.18 Å². The minimum Gasteiger partial charge on any atom is -0.347 e. The molecule has 0 N–H and O–H groups in total. The van der Waals surface area contributed by atoms with Crippen molar-refractivity contribution in [2.45, 2.75) is 32.7 Å². The van der Waals surface area contributed by atoms with E-state index >= 15 is 0 Å². The number of aromatic nitrogens is 1. The second-order valence-electron chi connectivity index (χ2n) is 7.31. The van der Waals surface area contributed by atoms with Crippen molar-refractivity contribution in [3.05, 3.63) is 83.6 Å². The number of halogens is 1. The molecule has 142 valence electrons. The first-order valence-corrected chi connectivity index (χ1v) is 9.87. The number of unbranched alkanes of at least 4 members (excludes halogenated alkanes) is 2. The van der Waals surface area contributed by atoms with Gasteiger partial charge in [0, 0.05) is 34.8 Å². The number of ketones is 1. The molecule has 4 rings (SSSR count). The Kier molecular flexibility index (Phi) is 5.25. The van der Waals surface area contributed by atoms with Crippen LogP contribution in [-0.4, -0.2) is 17.0 Å². The number of carbonyl (C=O) groups is 1. The van der Waals surface area contributed by atoms with Gasteiger partial charge in [0.1, 0.15) is 0 Å². The highest BCUT2D eigenvalue weighted by Gasteiger charge is 2.19. The normalized spacial score (nSPS) is 11.4. The molecule has 3 heteroatoms. The lowest BCUT2D eigenvalue weighted by Gasteiger charge is -2.08. The van der Waals surface area contributed by atoms with E-state index in [-0.39, 0.29) is 12.5 Å². The van der Waals surface area contributed by atoms with E-state index in [9.17, 15) is 9.18 Å². The Morgan fingerprint density at radius 2 is 1.68 bits per heavy atom. The molecule has 0 unspecified atom stereocenters. The number of aryl methyl sites for hydroxylation is 2. The van der Waals surface area contributed by atoms with Crippen LogP contribution in [0.25, 0.3) is 21.7 Å². The smallest absolute Gasteiger partial charge is 0.195 e.